The van der Waals surface area contributed by atoms with Gasteiger partial charge in [-0.25, -0.2) is 0 Å². The molecule has 1 N–H and O–H groups in total. The number of carbonyl (C=O) groups is 3. The van der Waals surface area contributed by atoms with E-state index < -0.39 is 0 Å². The quantitative estimate of drug-likeness (QED) is 0.0510. The van der Waals surface area contributed by atoms with Crippen molar-refractivity contribution < 1.29 is 28.3 Å². The summed E-state index contributed by atoms with van der Waals surface area (Å²) in [6, 6.07) is 3.79. The predicted octanol–water partition coefficient (Wildman–Crippen LogP) is 16.1. The van der Waals surface area contributed by atoms with Crippen molar-refractivity contribution in [1.29, 1.82) is 0 Å². The third-order valence-electron chi connectivity index (χ3n) is 12.4. The van der Waals surface area contributed by atoms with Gasteiger partial charge in [0.15, 0.2) is 0 Å². The molecule has 0 saturated heterocycles. The van der Waals surface area contributed by atoms with Crippen LogP contribution in [0.2, 0.25) is 0 Å². The van der Waals surface area contributed by atoms with E-state index in [-0.39, 0.29) is 5.91 Å². The van der Waals surface area contributed by atoms with Crippen molar-refractivity contribution in [1.82, 2.24) is 10.2 Å². The summed E-state index contributed by atoms with van der Waals surface area (Å²) in [4.78, 5) is 35.4. The van der Waals surface area contributed by atoms with Gasteiger partial charge in [0, 0.05) is 33.6 Å². The molecule has 1 heterocycles. The largest absolute Gasteiger partial charge is 0.468 e. The highest BCUT2D eigenvalue weighted by molar-refractivity contribution is 7.99. The van der Waals surface area contributed by atoms with Crippen molar-refractivity contribution >= 4 is 30.2 Å². The number of thioether (sulfide) groups is 1. The molecule has 0 bridgehead atoms. The average molecular weight is 938 g/mol. The van der Waals surface area contributed by atoms with Crippen LogP contribution in [-0.4, -0.2) is 81.7 Å². The Labute approximate surface area is 407 Å². The zero-order valence-electron chi connectivity index (χ0n) is 43.8. The molecular formula is C56H108N2O6S. The molecule has 1 atom stereocenters. The van der Waals surface area contributed by atoms with Gasteiger partial charge < -0.3 is 33.7 Å². The number of amides is 1. The van der Waals surface area contributed by atoms with Crippen LogP contribution in [0.3, 0.4) is 0 Å². The van der Waals surface area contributed by atoms with Gasteiger partial charge in [0.05, 0.1) is 30.0 Å². The highest BCUT2D eigenvalue weighted by Gasteiger charge is 2.09. The fraction of sp³-hybridized carbons (Fsp3) is 0.875. The molecule has 0 aliphatic heterocycles. The van der Waals surface area contributed by atoms with E-state index in [0.29, 0.717) is 37.3 Å². The minimum Gasteiger partial charge on any atom is -0.468 e. The number of rotatable bonds is 48. The average Bonchev–Trinajstić information content (AvgIpc) is 3.85. The van der Waals surface area contributed by atoms with E-state index in [1.165, 1.54) is 173 Å². The second kappa shape index (κ2) is 56.6. The number of nitrogens with zero attached hydrogens (tertiary/aromatic N) is 1. The van der Waals surface area contributed by atoms with Gasteiger partial charge in [0.2, 0.25) is 5.91 Å². The second-order valence-corrected chi connectivity index (χ2v) is 19.3. The molecule has 384 valence electrons. The van der Waals surface area contributed by atoms with Crippen LogP contribution in [0.5, 0.6) is 0 Å². The maximum absolute atomic E-state index is 12.0. The third kappa shape index (κ3) is 51.6. The SMILES string of the molecule is CCCCCCCCC(CC)OC.CCCCCCCCC(CCCCCCCC)OC.O=CCCCCCCCN(CCCCCCCC=O)CCCNC(=O)CSCc1ccco1. The Morgan fingerprint density at radius 3 is 1.42 bits per heavy atom. The van der Waals surface area contributed by atoms with Gasteiger partial charge in [-0.15, -0.1) is 11.8 Å². The first-order valence-electron chi connectivity index (χ1n) is 27.5. The lowest BCUT2D eigenvalue weighted by Gasteiger charge is -2.22. The Morgan fingerprint density at radius 2 is 1.00 bits per heavy atom. The van der Waals surface area contributed by atoms with Crippen LogP contribution in [0, 0.1) is 0 Å². The first-order chi connectivity index (χ1) is 31.9. The summed E-state index contributed by atoms with van der Waals surface area (Å²) in [6.07, 6.45) is 48.5. The van der Waals surface area contributed by atoms with E-state index in [2.05, 4.69) is 37.9 Å². The van der Waals surface area contributed by atoms with Crippen LogP contribution in [-0.2, 0) is 29.6 Å². The maximum atomic E-state index is 12.0. The number of methoxy groups -OCH3 is 2. The Kier molecular flexibility index (Phi) is 57.0. The molecule has 0 radical (unpaired) electrons. The summed E-state index contributed by atoms with van der Waals surface area (Å²) >= 11 is 1.57. The number of carbonyl (C=O) groups excluding carboxylic acids is 3. The van der Waals surface area contributed by atoms with E-state index in [1.54, 1.807) is 18.0 Å². The molecule has 0 fully saturated rings. The fourth-order valence-corrected chi connectivity index (χ4v) is 8.82. The lowest BCUT2D eigenvalue weighted by molar-refractivity contribution is -0.118. The first-order valence-corrected chi connectivity index (χ1v) is 28.6. The Hall–Kier alpha value is -1.68. The van der Waals surface area contributed by atoms with Crippen LogP contribution in [0.15, 0.2) is 22.8 Å². The van der Waals surface area contributed by atoms with Crippen molar-refractivity contribution in [3.63, 3.8) is 0 Å². The van der Waals surface area contributed by atoms with Crippen molar-refractivity contribution in [2.24, 2.45) is 0 Å². The van der Waals surface area contributed by atoms with Crippen LogP contribution in [0.4, 0.5) is 0 Å². The lowest BCUT2D eigenvalue weighted by Crippen LogP contribution is -2.32. The van der Waals surface area contributed by atoms with Crippen LogP contribution >= 0.6 is 11.8 Å². The van der Waals surface area contributed by atoms with Crippen molar-refractivity contribution in [2.45, 2.75) is 270 Å². The number of hydrogen-bond acceptors (Lipinski definition) is 8. The van der Waals surface area contributed by atoms with Crippen molar-refractivity contribution in [3.05, 3.63) is 24.2 Å². The van der Waals surface area contributed by atoms with Crippen molar-refractivity contribution in [3.8, 4) is 0 Å². The highest BCUT2D eigenvalue weighted by atomic mass is 32.2. The Bertz CT molecular complexity index is 1020. The molecule has 65 heavy (non-hydrogen) atoms. The smallest absolute Gasteiger partial charge is 0.230 e. The third-order valence-corrected chi connectivity index (χ3v) is 13.3. The summed E-state index contributed by atoms with van der Waals surface area (Å²) in [5.41, 5.74) is 0. The Balaban J connectivity index is 0. The first kappa shape index (κ1) is 65.4. The Morgan fingerprint density at radius 1 is 0.585 bits per heavy atom. The molecule has 0 saturated carbocycles. The monoisotopic (exact) mass is 937 g/mol. The summed E-state index contributed by atoms with van der Waals surface area (Å²) in [7, 11) is 3.71. The van der Waals surface area contributed by atoms with Gasteiger partial charge in [-0.1, -0.05) is 182 Å². The molecular weight excluding hydrogens is 829 g/mol. The van der Waals surface area contributed by atoms with Gasteiger partial charge in [0.25, 0.3) is 0 Å². The van der Waals surface area contributed by atoms with Gasteiger partial charge in [-0.3, -0.25) is 4.79 Å². The molecule has 1 unspecified atom stereocenters. The molecule has 1 amide bonds. The van der Waals surface area contributed by atoms with Gasteiger partial charge in [0.1, 0.15) is 18.3 Å². The number of furan rings is 1. The minimum atomic E-state index is 0.0868. The summed E-state index contributed by atoms with van der Waals surface area (Å²) in [5.74, 6) is 2.16. The molecule has 1 rings (SSSR count). The normalized spacial score (nSPS) is 11.6. The molecule has 0 aliphatic carbocycles. The van der Waals surface area contributed by atoms with E-state index in [4.69, 9.17) is 13.9 Å². The summed E-state index contributed by atoms with van der Waals surface area (Å²) in [6.45, 7) is 13.0. The van der Waals surface area contributed by atoms with Gasteiger partial charge in [-0.05, 0) is 89.6 Å². The number of hydrogen-bond donors (Lipinski definition) is 1. The van der Waals surface area contributed by atoms with Crippen LogP contribution in [0.1, 0.15) is 258 Å². The van der Waals surface area contributed by atoms with Crippen LogP contribution in [0.25, 0.3) is 0 Å². The number of unbranched alkanes of at least 4 members (excludes halogenated alkanes) is 25. The minimum absolute atomic E-state index is 0.0868. The topological polar surface area (TPSA) is 98.1 Å². The van der Waals surface area contributed by atoms with E-state index >= 15 is 0 Å². The molecule has 8 nitrogen and oxygen atoms in total. The predicted molar refractivity (Wildman–Crippen MR) is 282 cm³/mol. The zero-order valence-corrected chi connectivity index (χ0v) is 44.7. The fourth-order valence-electron chi connectivity index (χ4n) is 8.07. The van der Waals surface area contributed by atoms with E-state index in [1.807, 2.05) is 26.4 Å². The standard InChI is InChI=1S/C26H44N2O4S.C18H38O.C12H26O/c29-20-11-7-3-1-5-9-17-28(18-10-6-2-4-8-12-21-30)19-14-16-27-26(31)24-33-23-25-15-13-22-32-25;1-4-6-8-10-12-14-16-18(19-3)17-15-13-11-9-7-5-2;1-4-6-7-8-9-10-11-12(5-2)13-3/h13,15,20-22H,1-12,14,16-19,23-24H2,(H,27,31);18H,4-17H2,1-3H3;12H,4-11H2,1-3H3. The molecule has 1 aromatic rings. The number of ether oxygens (including phenoxy) is 2. The lowest BCUT2D eigenvalue weighted by atomic mass is 10.0. The molecule has 1 aromatic heterocycles. The van der Waals surface area contributed by atoms with Gasteiger partial charge in [-0.2, -0.15) is 0 Å². The second-order valence-electron chi connectivity index (χ2n) is 18.4. The maximum Gasteiger partial charge on any atom is 0.230 e. The van der Waals surface area contributed by atoms with Gasteiger partial charge >= 0.3 is 0 Å². The zero-order chi connectivity index (χ0) is 47.9. The molecule has 0 aliphatic rings. The molecule has 0 spiro atoms. The van der Waals surface area contributed by atoms with E-state index in [9.17, 15) is 14.4 Å². The van der Waals surface area contributed by atoms with Crippen LogP contribution < -0.4 is 5.32 Å². The number of aldehydes is 2. The van der Waals surface area contributed by atoms with E-state index in [0.717, 1.165) is 82.2 Å². The molecule has 9 heteroatoms. The van der Waals surface area contributed by atoms with Crippen molar-refractivity contribution in [2.75, 3.05) is 46.2 Å². The highest BCUT2D eigenvalue weighted by Crippen LogP contribution is 2.17. The number of nitrogens with one attached hydrogen (secondary N) is 1. The summed E-state index contributed by atoms with van der Waals surface area (Å²) < 4.78 is 16.2. The molecule has 0 aromatic carbocycles. The summed E-state index contributed by atoms with van der Waals surface area (Å²) in [5, 5.41) is 3.04.